The van der Waals surface area contributed by atoms with Crippen molar-refractivity contribution in [3.05, 3.63) is 39.1 Å². The van der Waals surface area contributed by atoms with Gasteiger partial charge in [0.2, 0.25) is 0 Å². The lowest BCUT2D eigenvalue weighted by atomic mass is 9.97. The quantitative estimate of drug-likeness (QED) is 0.750. The Bertz CT molecular complexity index is 888. The SMILES string of the molecule is Cn1c(N2CCC[C@@H](Cn3cncn3)C2)c(C#N)c(=O)n(C)c1=O. The molecular weight excluding hydrogens is 310 g/mol. The van der Waals surface area contributed by atoms with Crippen molar-refractivity contribution in [3.8, 4) is 6.07 Å². The van der Waals surface area contributed by atoms with Gasteiger partial charge in [0.15, 0.2) is 5.56 Å². The van der Waals surface area contributed by atoms with E-state index in [-0.39, 0.29) is 5.56 Å². The van der Waals surface area contributed by atoms with Gasteiger partial charge in [-0.2, -0.15) is 10.4 Å². The Balaban J connectivity index is 1.95. The summed E-state index contributed by atoms with van der Waals surface area (Å²) in [6.07, 6.45) is 5.12. The van der Waals surface area contributed by atoms with Crippen LogP contribution in [0.4, 0.5) is 5.82 Å². The van der Waals surface area contributed by atoms with E-state index in [1.165, 1.54) is 17.9 Å². The number of rotatable bonds is 3. The van der Waals surface area contributed by atoms with Crippen molar-refractivity contribution in [2.45, 2.75) is 19.4 Å². The zero-order valence-corrected chi connectivity index (χ0v) is 13.7. The smallest absolute Gasteiger partial charge is 0.332 e. The summed E-state index contributed by atoms with van der Waals surface area (Å²) in [5.41, 5.74) is -0.956. The van der Waals surface area contributed by atoms with Gasteiger partial charge in [0, 0.05) is 33.7 Å². The van der Waals surface area contributed by atoms with Crippen LogP contribution in [0.2, 0.25) is 0 Å². The number of nitrogens with zero attached hydrogens (tertiary/aromatic N) is 7. The van der Waals surface area contributed by atoms with E-state index in [4.69, 9.17) is 0 Å². The van der Waals surface area contributed by atoms with Gasteiger partial charge in [0.25, 0.3) is 5.56 Å². The molecule has 9 nitrogen and oxygen atoms in total. The molecule has 0 spiro atoms. The molecule has 1 aliphatic heterocycles. The Morgan fingerprint density at radius 3 is 2.79 bits per heavy atom. The number of aromatic nitrogens is 5. The monoisotopic (exact) mass is 329 g/mol. The van der Waals surface area contributed by atoms with Gasteiger partial charge >= 0.3 is 5.69 Å². The first kappa shape index (κ1) is 16.0. The third kappa shape index (κ3) is 2.71. The summed E-state index contributed by atoms with van der Waals surface area (Å²) < 4.78 is 4.14. The molecule has 0 radical (unpaired) electrons. The average Bonchev–Trinajstić information content (AvgIpc) is 3.09. The van der Waals surface area contributed by atoms with E-state index in [1.807, 2.05) is 11.0 Å². The molecule has 0 bridgehead atoms. The molecule has 3 rings (SSSR count). The first-order valence-electron chi connectivity index (χ1n) is 7.80. The predicted molar refractivity (Wildman–Crippen MR) is 86.6 cm³/mol. The van der Waals surface area contributed by atoms with Crippen molar-refractivity contribution in [3.63, 3.8) is 0 Å². The Hall–Kier alpha value is -2.89. The predicted octanol–water partition coefficient (Wildman–Crippen LogP) is -0.536. The summed E-state index contributed by atoms with van der Waals surface area (Å²) in [5.74, 6) is 0.722. The maximum atomic E-state index is 12.3. The summed E-state index contributed by atoms with van der Waals surface area (Å²) in [4.78, 5) is 30.4. The van der Waals surface area contributed by atoms with Gasteiger partial charge in [-0.3, -0.25) is 18.6 Å². The highest BCUT2D eigenvalue weighted by Gasteiger charge is 2.26. The largest absolute Gasteiger partial charge is 0.356 e. The van der Waals surface area contributed by atoms with Gasteiger partial charge in [-0.1, -0.05) is 0 Å². The first-order valence-corrected chi connectivity index (χ1v) is 7.80. The van der Waals surface area contributed by atoms with Crippen LogP contribution in [0, 0.1) is 17.2 Å². The van der Waals surface area contributed by atoms with E-state index in [9.17, 15) is 14.9 Å². The van der Waals surface area contributed by atoms with Gasteiger partial charge < -0.3 is 4.90 Å². The van der Waals surface area contributed by atoms with Crippen LogP contribution in [-0.4, -0.2) is 37.0 Å². The van der Waals surface area contributed by atoms with Gasteiger partial charge in [-0.25, -0.2) is 9.78 Å². The highest BCUT2D eigenvalue weighted by molar-refractivity contribution is 5.53. The molecule has 0 saturated carbocycles. The third-order valence-corrected chi connectivity index (χ3v) is 4.48. The molecule has 0 aromatic carbocycles. The highest BCUT2D eigenvalue weighted by atomic mass is 16.2. The van der Waals surface area contributed by atoms with E-state index in [1.54, 1.807) is 18.1 Å². The normalized spacial score (nSPS) is 17.7. The van der Waals surface area contributed by atoms with Crippen LogP contribution in [0.3, 0.4) is 0 Å². The van der Waals surface area contributed by atoms with Crippen LogP contribution in [0.1, 0.15) is 18.4 Å². The minimum Gasteiger partial charge on any atom is -0.356 e. The van der Waals surface area contributed by atoms with Crippen LogP contribution in [0.15, 0.2) is 22.2 Å². The molecule has 2 aromatic heterocycles. The Morgan fingerprint density at radius 2 is 2.12 bits per heavy atom. The molecule has 1 fully saturated rings. The molecule has 0 amide bonds. The molecular formula is C15H19N7O2. The van der Waals surface area contributed by atoms with Gasteiger partial charge in [0.05, 0.1) is 0 Å². The molecule has 24 heavy (non-hydrogen) atoms. The van der Waals surface area contributed by atoms with Crippen LogP contribution in [0.25, 0.3) is 0 Å². The number of hydrogen-bond acceptors (Lipinski definition) is 6. The van der Waals surface area contributed by atoms with Crippen molar-refractivity contribution in [2.75, 3.05) is 18.0 Å². The molecule has 9 heteroatoms. The molecule has 1 atom stereocenters. The standard InChI is InChI=1S/C15H19N7O2/c1-19-13(12(6-16)14(23)20(2)15(19)24)21-5-3-4-11(7-21)8-22-10-17-9-18-22/h9-11H,3-5,7-8H2,1-2H3/t11-/m1/s1. The fraction of sp³-hybridized carbons (Fsp3) is 0.533. The Labute approximate surface area is 138 Å². The second-order valence-corrected chi connectivity index (χ2v) is 6.09. The van der Waals surface area contributed by atoms with E-state index < -0.39 is 11.2 Å². The fourth-order valence-corrected chi connectivity index (χ4v) is 3.30. The zero-order chi connectivity index (χ0) is 17.3. The minimum absolute atomic E-state index is 0.0148. The van der Waals surface area contributed by atoms with Crippen LogP contribution < -0.4 is 16.1 Å². The van der Waals surface area contributed by atoms with Crippen molar-refractivity contribution in [1.82, 2.24) is 23.9 Å². The van der Waals surface area contributed by atoms with Gasteiger partial charge in [-0.15, -0.1) is 0 Å². The highest BCUT2D eigenvalue weighted by Crippen LogP contribution is 2.24. The summed E-state index contributed by atoms with van der Waals surface area (Å²) in [7, 11) is 2.98. The second-order valence-electron chi connectivity index (χ2n) is 6.09. The number of hydrogen-bond donors (Lipinski definition) is 0. The topological polar surface area (TPSA) is 102 Å². The molecule has 126 valence electrons. The van der Waals surface area contributed by atoms with E-state index in [0.29, 0.717) is 24.8 Å². The number of anilines is 1. The van der Waals surface area contributed by atoms with E-state index >= 15 is 0 Å². The molecule has 3 heterocycles. The van der Waals surface area contributed by atoms with Crippen molar-refractivity contribution < 1.29 is 0 Å². The van der Waals surface area contributed by atoms with Crippen LogP contribution >= 0.6 is 0 Å². The third-order valence-electron chi connectivity index (χ3n) is 4.48. The van der Waals surface area contributed by atoms with Crippen molar-refractivity contribution >= 4 is 5.82 Å². The second kappa shape index (κ2) is 6.31. The maximum Gasteiger partial charge on any atom is 0.332 e. The molecule has 0 aliphatic carbocycles. The lowest BCUT2D eigenvalue weighted by Gasteiger charge is -2.35. The molecule has 1 saturated heterocycles. The molecule has 0 N–H and O–H groups in total. The summed E-state index contributed by atoms with van der Waals surface area (Å²) >= 11 is 0. The van der Waals surface area contributed by atoms with Crippen molar-refractivity contribution in [1.29, 1.82) is 5.26 Å². The summed E-state index contributed by atoms with van der Waals surface area (Å²) in [6.45, 7) is 2.09. The van der Waals surface area contributed by atoms with Crippen LogP contribution in [-0.2, 0) is 20.6 Å². The molecule has 0 unspecified atom stereocenters. The average molecular weight is 329 g/mol. The van der Waals surface area contributed by atoms with Crippen LogP contribution in [0.5, 0.6) is 0 Å². The minimum atomic E-state index is -0.547. The summed E-state index contributed by atoms with van der Waals surface area (Å²) in [6, 6.07) is 1.97. The zero-order valence-electron chi connectivity index (χ0n) is 13.7. The Kier molecular flexibility index (Phi) is 4.20. The van der Waals surface area contributed by atoms with E-state index in [2.05, 4.69) is 10.1 Å². The lowest BCUT2D eigenvalue weighted by Crippen LogP contribution is -2.45. The number of piperidine rings is 1. The van der Waals surface area contributed by atoms with Gasteiger partial charge in [-0.05, 0) is 18.8 Å². The first-order chi connectivity index (χ1) is 11.5. The van der Waals surface area contributed by atoms with Crippen molar-refractivity contribution in [2.24, 2.45) is 20.0 Å². The molecule has 2 aromatic rings. The lowest BCUT2D eigenvalue weighted by molar-refractivity contribution is 0.348. The number of nitriles is 1. The Morgan fingerprint density at radius 1 is 1.33 bits per heavy atom. The fourth-order valence-electron chi connectivity index (χ4n) is 3.30. The summed E-state index contributed by atoms with van der Waals surface area (Å²) in [5, 5.41) is 13.5. The molecule has 1 aliphatic rings. The maximum absolute atomic E-state index is 12.3. The van der Waals surface area contributed by atoms with E-state index in [0.717, 1.165) is 24.0 Å². The van der Waals surface area contributed by atoms with Gasteiger partial charge in [0.1, 0.15) is 24.5 Å².